The van der Waals surface area contributed by atoms with Gasteiger partial charge < -0.3 is 4.90 Å². The van der Waals surface area contributed by atoms with Crippen LogP contribution in [0, 0.1) is 0 Å². The summed E-state index contributed by atoms with van der Waals surface area (Å²) >= 11 is 7.69. The molecule has 2 heterocycles. The molecule has 0 spiro atoms. The molecule has 0 saturated carbocycles. The molecule has 0 aliphatic carbocycles. The van der Waals surface area contributed by atoms with Crippen LogP contribution in [-0.2, 0) is 9.84 Å². The lowest BCUT2D eigenvalue weighted by molar-refractivity contribution is 0.601. The third-order valence-electron chi connectivity index (χ3n) is 3.64. The fourth-order valence-electron chi connectivity index (χ4n) is 2.75. The molecule has 118 valence electrons. The number of rotatable bonds is 3. The zero-order valence-corrected chi connectivity index (χ0v) is 14.6. The summed E-state index contributed by atoms with van der Waals surface area (Å²) in [6, 6.07) is 7.16. The van der Waals surface area contributed by atoms with Gasteiger partial charge in [0.05, 0.1) is 23.6 Å². The lowest BCUT2D eigenvalue weighted by Gasteiger charge is -2.26. The molecule has 1 aromatic rings. The summed E-state index contributed by atoms with van der Waals surface area (Å²) in [6.45, 7) is 5.88. The molecule has 0 N–H and O–H groups in total. The third-order valence-corrected chi connectivity index (χ3v) is 6.77. The molecule has 2 atom stereocenters. The molecule has 0 bridgehead atoms. The van der Waals surface area contributed by atoms with Crippen molar-refractivity contribution in [1.29, 1.82) is 0 Å². The first-order chi connectivity index (χ1) is 10.4. The summed E-state index contributed by atoms with van der Waals surface area (Å²) in [7, 11) is -3.02. The van der Waals surface area contributed by atoms with Crippen LogP contribution in [0.2, 0.25) is 5.02 Å². The van der Waals surface area contributed by atoms with Crippen LogP contribution >= 0.6 is 23.4 Å². The minimum atomic E-state index is -3.02. The Morgan fingerprint density at radius 3 is 2.95 bits per heavy atom. The number of halogens is 1. The zero-order valence-electron chi connectivity index (χ0n) is 12.2. The van der Waals surface area contributed by atoms with Crippen molar-refractivity contribution in [3.8, 4) is 0 Å². The number of hydrogen-bond donors (Lipinski definition) is 0. The Balaban J connectivity index is 1.95. The molecule has 2 aliphatic heterocycles. The number of hydrogen-bond acceptors (Lipinski definition) is 5. The maximum Gasteiger partial charge on any atom is 0.164 e. The Hall–Kier alpha value is -0.980. The van der Waals surface area contributed by atoms with E-state index in [-0.39, 0.29) is 23.6 Å². The van der Waals surface area contributed by atoms with Crippen LogP contribution in [0.3, 0.4) is 0 Å². The van der Waals surface area contributed by atoms with Crippen molar-refractivity contribution in [3.05, 3.63) is 41.4 Å². The van der Waals surface area contributed by atoms with Crippen LogP contribution in [0.25, 0.3) is 0 Å². The summed E-state index contributed by atoms with van der Waals surface area (Å²) < 4.78 is 23.8. The van der Waals surface area contributed by atoms with Gasteiger partial charge in [-0.3, -0.25) is 4.99 Å². The summed E-state index contributed by atoms with van der Waals surface area (Å²) in [4.78, 5) is 6.67. The highest BCUT2D eigenvalue weighted by atomic mass is 35.5. The van der Waals surface area contributed by atoms with Crippen molar-refractivity contribution < 1.29 is 8.42 Å². The van der Waals surface area contributed by atoms with Crippen LogP contribution in [0.1, 0.15) is 6.92 Å². The van der Waals surface area contributed by atoms with Gasteiger partial charge in [0.1, 0.15) is 0 Å². The Morgan fingerprint density at radius 2 is 2.27 bits per heavy atom. The second-order valence-electron chi connectivity index (χ2n) is 5.72. The minimum absolute atomic E-state index is 0.129. The first-order valence-electron chi connectivity index (χ1n) is 6.96. The monoisotopic (exact) mass is 356 g/mol. The van der Waals surface area contributed by atoms with E-state index in [9.17, 15) is 8.42 Å². The molecular weight excluding hydrogens is 340 g/mol. The standard InChI is InChI=1S/C15H17ClN2O2S2/c1-10(2)7-21-15-17-13-8-22(19,20)9-14(13)18(15)12-5-3-4-11(16)6-12/h3-6,13-14H,1,7-9H2,2H3/t13-,14-/m0/s1. The van der Waals surface area contributed by atoms with Gasteiger partial charge in [-0.15, -0.1) is 0 Å². The van der Waals surface area contributed by atoms with Crippen molar-refractivity contribution in [2.45, 2.75) is 19.0 Å². The number of sulfone groups is 1. The third kappa shape index (κ3) is 3.19. The van der Waals surface area contributed by atoms with E-state index in [4.69, 9.17) is 11.6 Å². The smallest absolute Gasteiger partial charge is 0.164 e. The Bertz CT molecular complexity index is 746. The van der Waals surface area contributed by atoms with Crippen LogP contribution in [0.15, 0.2) is 41.4 Å². The molecule has 2 aliphatic rings. The quantitative estimate of drug-likeness (QED) is 0.781. The lowest BCUT2D eigenvalue weighted by Crippen LogP contribution is -2.39. The van der Waals surface area contributed by atoms with Crippen LogP contribution in [0.5, 0.6) is 0 Å². The van der Waals surface area contributed by atoms with Crippen molar-refractivity contribution in [1.82, 2.24) is 0 Å². The van der Waals surface area contributed by atoms with E-state index in [1.165, 1.54) is 0 Å². The van der Waals surface area contributed by atoms with Gasteiger partial charge >= 0.3 is 0 Å². The Morgan fingerprint density at radius 1 is 1.50 bits per heavy atom. The largest absolute Gasteiger partial charge is 0.315 e. The van der Waals surface area contributed by atoms with Gasteiger partial charge in [0.25, 0.3) is 0 Å². The molecule has 1 fully saturated rings. The van der Waals surface area contributed by atoms with Crippen molar-refractivity contribution in [2.75, 3.05) is 22.2 Å². The van der Waals surface area contributed by atoms with E-state index in [1.807, 2.05) is 36.1 Å². The second-order valence-corrected chi connectivity index (χ2v) is 9.25. The number of nitrogens with zero attached hydrogens (tertiary/aromatic N) is 2. The molecule has 4 nitrogen and oxygen atoms in total. The summed E-state index contributed by atoms with van der Waals surface area (Å²) in [5.41, 5.74) is 1.95. The molecule has 3 rings (SSSR count). The molecule has 1 aromatic carbocycles. The highest BCUT2D eigenvalue weighted by Crippen LogP contribution is 2.36. The van der Waals surface area contributed by atoms with E-state index >= 15 is 0 Å². The van der Waals surface area contributed by atoms with Gasteiger partial charge in [-0.1, -0.05) is 41.6 Å². The number of aliphatic imine (C=N–C) groups is 1. The number of benzene rings is 1. The van der Waals surface area contributed by atoms with E-state index < -0.39 is 9.84 Å². The Labute approximate surface area is 140 Å². The summed E-state index contributed by atoms with van der Waals surface area (Å²) in [6.07, 6.45) is 0. The van der Waals surface area contributed by atoms with E-state index in [0.29, 0.717) is 5.02 Å². The van der Waals surface area contributed by atoms with Crippen LogP contribution in [-0.4, -0.2) is 42.9 Å². The highest BCUT2D eigenvalue weighted by molar-refractivity contribution is 8.14. The summed E-state index contributed by atoms with van der Waals surface area (Å²) in [5, 5.41) is 1.49. The van der Waals surface area contributed by atoms with E-state index in [0.717, 1.165) is 22.2 Å². The molecule has 7 heteroatoms. The first-order valence-corrected chi connectivity index (χ1v) is 10.1. The van der Waals surface area contributed by atoms with Crippen molar-refractivity contribution in [2.24, 2.45) is 4.99 Å². The molecule has 0 radical (unpaired) electrons. The normalized spacial score (nSPS) is 25.9. The molecule has 0 amide bonds. The molecular formula is C15H17ClN2O2S2. The molecule has 1 saturated heterocycles. The lowest BCUT2D eigenvalue weighted by atomic mass is 10.1. The van der Waals surface area contributed by atoms with E-state index in [2.05, 4.69) is 11.6 Å². The topological polar surface area (TPSA) is 49.7 Å². The summed E-state index contributed by atoms with van der Waals surface area (Å²) in [5.74, 6) is 1.04. The maximum atomic E-state index is 11.9. The van der Waals surface area contributed by atoms with Gasteiger partial charge in [0, 0.05) is 16.5 Å². The van der Waals surface area contributed by atoms with Crippen molar-refractivity contribution in [3.63, 3.8) is 0 Å². The van der Waals surface area contributed by atoms with E-state index in [1.54, 1.807) is 11.8 Å². The molecule has 0 unspecified atom stereocenters. The predicted molar refractivity (Wildman–Crippen MR) is 94.9 cm³/mol. The fraction of sp³-hybridized carbons (Fsp3) is 0.400. The Kier molecular flexibility index (Phi) is 4.27. The van der Waals surface area contributed by atoms with Gasteiger partial charge in [-0.2, -0.15) is 0 Å². The number of thioether (sulfide) groups is 1. The molecule has 22 heavy (non-hydrogen) atoms. The number of amidine groups is 1. The van der Waals surface area contributed by atoms with Crippen molar-refractivity contribution >= 4 is 44.1 Å². The minimum Gasteiger partial charge on any atom is -0.315 e. The average Bonchev–Trinajstić information content (AvgIpc) is 2.87. The predicted octanol–water partition coefficient (Wildman–Crippen LogP) is 2.99. The highest BCUT2D eigenvalue weighted by Gasteiger charge is 2.47. The maximum absolute atomic E-state index is 11.9. The number of fused-ring (bicyclic) bond motifs is 1. The van der Waals surface area contributed by atoms with Crippen LogP contribution in [0.4, 0.5) is 5.69 Å². The van der Waals surface area contributed by atoms with Gasteiger partial charge in [-0.25, -0.2) is 8.42 Å². The fourth-order valence-corrected chi connectivity index (χ4v) is 5.74. The van der Waals surface area contributed by atoms with Crippen LogP contribution < -0.4 is 4.90 Å². The van der Waals surface area contributed by atoms with Gasteiger partial charge in [-0.05, 0) is 25.1 Å². The average molecular weight is 357 g/mol. The van der Waals surface area contributed by atoms with Gasteiger partial charge in [0.2, 0.25) is 0 Å². The first kappa shape index (κ1) is 15.9. The SMILES string of the molecule is C=C(C)CSC1=N[C@H]2CS(=O)(=O)C[C@@H]2N1c1cccc(Cl)c1. The second kappa shape index (κ2) is 5.91. The molecule has 0 aromatic heterocycles. The zero-order chi connectivity index (χ0) is 15.9. The van der Waals surface area contributed by atoms with Gasteiger partial charge in [0.15, 0.2) is 15.0 Å². The number of anilines is 1.